The molecule has 0 bridgehead atoms. The summed E-state index contributed by atoms with van der Waals surface area (Å²) in [5.41, 5.74) is 2.60. The van der Waals surface area contributed by atoms with Crippen molar-refractivity contribution in [3.63, 3.8) is 0 Å². The van der Waals surface area contributed by atoms with Crippen LogP contribution < -0.4 is 0 Å². The molecular formula is C11H11N3O2S. The van der Waals surface area contributed by atoms with Crippen LogP contribution in [0.2, 0.25) is 0 Å². The first-order chi connectivity index (χ1) is 8.26. The van der Waals surface area contributed by atoms with Gasteiger partial charge < -0.3 is 0 Å². The van der Waals surface area contributed by atoms with Gasteiger partial charge in [0.15, 0.2) is 0 Å². The zero-order valence-corrected chi connectivity index (χ0v) is 10.0. The third-order valence-electron chi connectivity index (χ3n) is 1.90. The third-order valence-corrected chi connectivity index (χ3v) is 2.87. The monoisotopic (exact) mass is 249 g/mol. The molecule has 88 valence electrons. The average Bonchev–Trinajstić information content (AvgIpc) is 2.82. The summed E-state index contributed by atoms with van der Waals surface area (Å²) in [5, 5.41) is 11.3. The van der Waals surface area contributed by atoms with Gasteiger partial charge in [-0.05, 0) is 12.5 Å². The van der Waals surface area contributed by atoms with E-state index in [0.717, 1.165) is 10.8 Å². The maximum Gasteiger partial charge on any atom is 0.373 e. The molecule has 0 radical (unpaired) electrons. The second-order valence-electron chi connectivity index (χ2n) is 3.17. The number of aromatic amines is 1. The molecule has 0 aliphatic carbocycles. The molecule has 6 heteroatoms. The predicted molar refractivity (Wildman–Crippen MR) is 62.1 cm³/mol. The van der Waals surface area contributed by atoms with E-state index < -0.39 is 0 Å². The largest absolute Gasteiger partial charge is 0.373 e. The number of aromatic nitrogens is 3. The van der Waals surface area contributed by atoms with E-state index in [0.29, 0.717) is 0 Å². The Hall–Kier alpha value is -1.91. The minimum absolute atomic E-state index is 0.250. The highest BCUT2D eigenvalue weighted by atomic mass is 32.2. The van der Waals surface area contributed by atoms with Gasteiger partial charge in [0.25, 0.3) is 0 Å². The molecule has 5 nitrogen and oxygen atoms in total. The predicted octanol–water partition coefficient (Wildman–Crippen LogP) is 1.82. The van der Waals surface area contributed by atoms with E-state index in [-0.39, 0.29) is 6.15 Å². The number of carbonyl (C=O) groups excluding carboxylic acids is 2. The highest BCUT2D eigenvalue weighted by Crippen LogP contribution is 2.19. The Kier molecular flexibility index (Phi) is 5.71. The first kappa shape index (κ1) is 13.2. The lowest BCUT2D eigenvalue weighted by molar-refractivity contribution is -0.191. The van der Waals surface area contributed by atoms with Gasteiger partial charge in [0, 0.05) is 5.75 Å². The van der Waals surface area contributed by atoms with E-state index in [2.05, 4.69) is 46.6 Å². The zero-order chi connectivity index (χ0) is 12.5. The van der Waals surface area contributed by atoms with Crippen molar-refractivity contribution in [3.05, 3.63) is 41.6 Å². The van der Waals surface area contributed by atoms with E-state index in [9.17, 15) is 0 Å². The van der Waals surface area contributed by atoms with Crippen LogP contribution in [0.25, 0.3) is 0 Å². The third kappa shape index (κ3) is 5.10. The van der Waals surface area contributed by atoms with Gasteiger partial charge in [-0.2, -0.15) is 19.9 Å². The first-order valence-corrected chi connectivity index (χ1v) is 5.78. The lowest BCUT2D eigenvalue weighted by Gasteiger charge is -1.98. The summed E-state index contributed by atoms with van der Waals surface area (Å²) in [6, 6.07) is 8.53. The van der Waals surface area contributed by atoms with Crippen molar-refractivity contribution in [2.24, 2.45) is 0 Å². The molecule has 1 N–H and O–H groups in total. The van der Waals surface area contributed by atoms with Crippen molar-refractivity contribution >= 4 is 17.9 Å². The van der Waals surface area contributed by atoms with E-state index in [1.54, 1.807) is 18.0 Å². The van der Waals surface area contributed by atoms with Gasteiger partial charge in [-0.3, -0.25) is 0 Å². The fourth-order valence-electron chi connectivity index (χ4n) is 1.10. The van der Waals surface area contributed by atoms with Gasteiger partial charge in [-0.15, -0.1) is 5.10 Å². The first-order valence-electron chi connectivity index (χ1n) is 4.79. The fraction of sp³-hybridized carbons (Fsp3) is 0.182. The van der Waals surface area contributed by atoms with Crippen molar-refractivity contribution in [3.8, 4) is 0 Å². The molecule has 0 spiro atoms. The van der Waals surface area contributed by atoms with Crippen LogP contribution in [-0.2, 0) is 15.3 Å². The number of thioether (sulfide) groups is 1. The summed E-state index contributed by atoms with van der Waals surface area (Å²) in [5.74, 6) is 0.937. The number of H-pyrrole nitrogens is 1. The van der Waals surface area contributed by atoms with E-state index in [1.807, 2.05) is 0 Å². The SMILES string of the molecule is Cc1ccc(CSc2cn[nH]n2)cc1.O=C=O. The molecule has 0 saturated carbocycles. The van der Waals surface area contributed by atoms with Crippen LogP contribution in [-0.4, -0.2) is 21.6 Å². The molecule has 1 heterocycles. The fourth-order valence-corrected chi connectivity index (χ4v) is 1.84. The molecule has 1 aromatic heterocycles. The normalized spacial score (nSPS) is 9.00. The topological polar surface area (TPSA) is 75.7 Å². The van der Waals surface area contributed by atoms with Crippen molar-refractivity contribution < 1.29 is 9.59 Å². The minimum Gasteiger partial charge on any atom is -0.197 e. The molecule has 0 aliphatic heterocycles. The summed E-state index contributed by atoms with van der Waals surface area (Å²) in [7, 11) is 0. The average molecular weight is 249 g/mol. The quantitative estimate of drug-likeness (QED) is 0.840. The maximum atomic E-state index is 8.12. The lowest BCUT2D eigenvalue weighted by atomic mass is 10.2. The van der Waals surface area contributed by atoms with Crippen LogP contribution in [0.1, 0.15) is 11.1 Å². The van der Waals surface area contributed by atoms with Crippen LogP contribution in [0.4, 0.5) is 0 Å². The molecule has 0 unspecified atom stereocenters. The summed E-state index contributed by atoms with van der Waals surface area (Å²) in [6.07, 6.45) is 1.98. The molecule has 1 aromatic carbocycles. The van der Waals surface area contributed by atoms with Gasteiger partial charge >= 0.3 is 6.15 Å². The number of hydrogen-bond acceptors (Lipinski definition) is 5. The standard InChI is InChI=1S/C10H11N3S.CO2/c1-8-2-4-9(5-3-8)7-14-10-6-11-13-12-10;2-1-3/h2-6H,7H2,1H3,(H,11,12,13);. The van der Waals surface area contributed by atoms with Crippen LogP contribution in [0, 0.1) is 6.92 Å². The summed E-state index contributed by atoms with van der Waals surface area (Å²) >= 11 is 1.68. The van der Waals surface area contributed by atoms with Crippen molar-refractivity contribution in [2.75, 3.05) is 0 Å². The Balaban J connectivity index is 0.000000437. The Morgan fingerprint density at radius 3 is 2.47 bits per heavy atom. The van der Waals surface area contributed by atoms with Crippen LogP contribution >= 0.6 is 11.8 Å². The van der Waals surface area contributed by atoms with E-state index in [4.69, 9.17) is 9.59 Å². The molecule has 2 aromatic rings. The summed E-state index contributed by atoms with van der Waals surface area (Å²) in [4.78, 5) is 16.2. The molecule has 17 heavy (non-hydrogen) atoms. The number of aryl methyl sites for hydroxylation is 1. The minimum atomic E-state index is 0.250. The van der Waals surface area contributed by atoms with Crippen molar-refractivity contribution in [1.82, 2.24) is 15.4 Å². The van der Waals surface area contributed by atoms with E-state index in [1.165, 1.54) is 11.1 Å². The Morgan fingerprint density at radius 2 is 1.94 bits per heavy atom. The number of hydrogen-bond donors (Lipinski definition) is 1. The van der Waals surface area contributed by atoms with Crippen molar-refractivity contribution in [1.29, 1.82) is 0 Å². The van der Waals surface area contributed by atoms with Gasteiger partial charge in [-0.1, -0.05) is 41.6 Å². The van der Waals surface area contributed by atoms with Gasteiger partial charge in [-0.25, -0.2) is 0 Å². The summed E-state index contributed by atoms with van der Waals surface area (Å²) < 4.78 is 0. The second kappa shape index (κ2) is 7.38. The van der Waals surface area contributed by atoms with Gasteiger partial charge in [0.05, 0.1) is 6.20 Å². The zero-order valence-electron chi connectivity index (χ0n) is 9.21. The van der Waals surface area contributed by atoms with E-state index >= 15 is 0 Å². The van der Waals surface area contributed by atoms with Crippen LogP contribution in [0.5, 0.6) is 0 Å². The van der Waals surface area contributed by atoms with Crippen LogP contribution in [0.15, 0.2) is 35.5 Å². The van der Waals surface area contributed by atoms with Gasteiger partial charge in [0.1, 0.15) is 5.03 Å². The molecule has 0 aliphatic rings. The highest BCUT2D eigenvalue weighted by Gasteiger charge is 1.97. The lowest BCUT2D eigenvalue weighted by Crippen LogP contribution is -1.81. The number of benzene rings is 1. The van der Waals surface area contributed by atoms with Gasteiger partial charge in [0.2, 0.25) is 0 Å². The summed E-state index contributed by atoms with van der Waals surface area (Å²) in [6.45, 7) is 2.09. The van der Waals surface area contributed by atoms with Crippen molar-refractivity contribution in [2.45, 2.75) is 17.7 Å². The Labute approximate surface area is 103 Å². The molecule has 2 rings (SSSR count). The van der Waals surface area contributed by atoms with Crippen LogP contribution in [0.3, 0.4) is 0 Å². The number of nitrogens with one attached hydrogen (secondary N) is 1. The highest BCUT2D eigenvalue weighted by molar-refractivity contribution is 7.98. The smallest absolute Gasteiger partial charge is 0.197 e. The molecule has 0 saturated heterocycles. The molecule has 0 amide bonds. The molecule has 0 atom stereocenters. The molecule has 0 fully saturated rings. The Morgan fingerprint density at radius 1 is 1.29 bits per heavy atom. The number of rotatable bonds is 3. The maximum absolute atomic E-state index is 8.12. The Bertz CT molecular complexity index is 462. The molecular weight excluding hydrogens is 238 g/mol. The number of nitrogens with zero attached hydrogens (tertiary/aromatic N) is 2. The second-order valence-corrected chi connectivity index (χ2v) is 4.16.